The maximum Gasteiger partial charge on any atom is 0.232 e. The van der Waals surface area contributed by atoms with E-state index in [9.17, 15) is 17.2 Å². The highest BCUT2D eigenvalue weighted by molar-refractivity contribution is 7.92. The highest BCUT2D eigenvalue weighted by Crippen LogP contribution is 2.19. The van der Waals surface area contributed by atoms with Crippen LogP contribution in [0.25, 0.3) is 0 Å². The monoisotopic (exact) mass is 292 g/mol. The predicted molar refractivity (Wildman–Crippen MR) is 71.5 cm³/mol. The number of anilines is 1. The molecule has 1 aromatic rings. The number of hydrogen-bond acceptors (Lipinski definition) is 3. The Morgan fingerprint density at radius 1 is 1.16 bits per heavy atom. The second kappa shape index (κ2) is 7.40. The van der Waals surface area contributed by atoms with Crippen LogP contribution in [-0.4, -0.2) is 27.3 Å². The van der Waals surface area contributed by atoms with Crippen LogP contribution >= 0.6 is 0 Å². The largest absolute Gasteiger partial charge is 0.317 e. The molecule has 0 spiro atoms. The molecule has 1 aromatic carbocycles. The molecule has 0 amide bonds. The van der Waals surface area contributed by atoms with Crippen LogP contribution in [0.5, 0.6) is 0 Å². The van der Waals surface area contributed by atoms with Crippen molar-refractivity contribution in [3.05, 3.63) is 29.8 Å². The van der Waals surface area contributed by atoms with Gasteiger partial charge in [-0.1, -0.05) is 13.0 Å². The van der Waals surface area contributed by atoms with Crippen LogP contribution in [0.1, 0.15) is 19.8 Å². The van der Waals surface area contributed by atoms with E-state index < -0.39 is 27.3 Å². The topological polar surface area (TPSA) is 58.2 Å². The average molecular weight is 292 g/mol. The summed E-state index contributed by atoms with van der Waals surface area (Å²) in [5.41, 5.74) is -0.616. The number of rotatable bonds is 8. The third-order valence-electron chi connectivity index (χ3n) is 2.49. The lowest BCUT2D eigenvalue weighted by Crippen LogP contribution is -2.20. The minimum Gasteiger partial charge on any atom is -0.317 e. The van der Waals surface area contributed by atoms with Crippen LogP contribution in [0.4, 0.5) is 14.5 Å². The summed E-state index contributed by atoms with van der Waals surface area (Å²) in [5.74, 6) is -2.00. The molecule has 0 radical (unpaired) electrons. The van der Waals surface area contributed by atoms with Gasteiger partial charge in [0.05, 0.1) is 5.75 Å². The van der Waals surface area contributed by atoms with Gasteiger partial charge >= 0.3 is 0 Å². The van der Waals surface area contributed by atoms with Crippen LogP contribution in [0.3, 0.4) is 0 Å². The molecule has 0 aliphatic carbocycles. The molecule has 0 fully saturated rings. The molecule has 0 saturated carbocycles. The Labute approximate surface area is 112 Å². The summed E-state index contributed by atoms with van der Waals surface area (Å²) < 4.78 is 51.9. The van der Waals surface area contributed by atoms with Gasteiger partial charge in [0.15, 0.2) is 0 Å². The van der Waals surface area contributed by atoms with E-state index in [1.165, 1.54) is 6.07 Å². The fraction of sp³-hybridized carbons (Fsp3) is 0.500. The molecule has 0 heterocycles. The smallest absolute Gasteiger partial charge is 0.232 e. The van der Waals surface area contributed by atoms with E-state index in [-0.39, 0.29) is 5.75 Å². The lowest BCUT2D eigenvalue weighted by Gasteiger charge is -2.09. The van der Waals surface area contributed by atoms with Crippen LogP contribution in [-0.2, 0) is 10.0 Å². The number of nitrogens with one attached hydrogen (secondary N) is 2. The molecule has 0 aromatic heterocycles. The van der Waals surface area contributed by atoms with Crippen molar-refractivity contribution in [3.63, 3.8) is 0 Å². The number of hydrogen-bond donors (Lipinski definition) is 2. The molecule has 0 aliphatic rings. The van der Waals surface area contributed by atoms with E-state index in [0.29, 0.717) is 12.8 Å². The fourth-order valence-electron chi connectivity index (χ4n) is 1.52. The summed E-state index contributed by atoms with van der Waals surface area (Å²) >= 11 is 0. The zero-order valence-corrected chi connectivity index (χ0v) is 11.6. The summed E-state index contributed by atoms with van der Waals surface area (Å²) in [6.07, 6.45) is 1.12. The van der Waals surface area contributed by atoms with Crippen molar-refractivity contribution in [3.8, 4) is 0 Å². The maximum absolute atomic E-state index is 13.3. The lowest BCUT2D eigenvalue weighted by molar-refractivity contribution is 0.580. The lowest BCUT2D eigenvalue weighted by atomic mass is 10.3. The molecule has 0 saturated heterocycles. The Hall–Kier alpha value is -1.21. The highest BCUT2D eigenvalue weighted by Gasteiger charge is 2.16. The third kappa shape index (κ3) is 5.52. The van der Waals surface area contributed by atoms with E-state index >= 15 is 0 Å². The molecular weight excluding hydrogens is 274 g/mol. The average Bonchev–Trinajstić information content (AvgIpc) is 2.34. The zero-order chi connectivity index (χ0) is 14.3. The molecule has 19 heavy (non-hydrogen) atoms. The third-order valence-corrected chi connectivity index (χ3v) is 3.83. The molecule has 0 unspecified atom stereocenters. The highest BCUT2D eigenvalue weighted by atomic mass is 32.2. The van der Waals surface area contributed by atoms with Crippen molar-refractivity contribution < 1.29 is 17.2 Å². The number of unbranched alkanes of at least 4 members (excludes halogenated alkanes) is 1. The Morgan fingerprint density at radius 2 is 1.79 bits per heavy atom. The zero-order valence-electron chi connectivity index (χ0n) is 10.7. The van der Waals surface area contributed by atoms with Crippen molar-refractivity contribution in [2.24, 2.45) is 0 Å². The quantitative estimate of drug-likeness (QED) is 0.721. The van der Waals surface area contributed by atoms with Crippen molar-refractivity contribution in [1.29, 1.82) is 0 Å². The van der Waals surface area contributed by atoms with Crippen molar-refractivity contribution >= 4 is 15.7 Å². The second-order valence-corrected chi connectivity index (χ2v) is 5.92. The van der Waals surface area contributed by atoms with Gasteiger partial charge < -0.3 is 5.32 Å². The summed E-state index contributed by atoms with van der Waals surface area (Å²) in [6, 6.07) is 3.19. The minimum absolute atomic E-state index is 0.161. The summed E-state index contributed by atoms with van der Waals surface area (Å²) in [5, 5.41) is 3.07. The summed E-state index contributed by atoms with van der Waals surface area (Å²) in [7, 11) is -3.72. The van der Waals surface area contributed by atoms with Crippen molar-refractivity contribution in [1.82, 2.24) is 5.32 Å². The van der Waals surface area contributed by atoms with E-state index in [0.717, 1.165) is 25.2 Å². The molecule has 1 rings (SSSR count). The van der Waals surface area contributed by atoms with E-state index in [1.807, 2.05) is 11.6 Å². The van der Waals surface area contributed by atoms with Gasteiger partial charge in [-0.2, -0.15) is 0 Å². The van der Waals surface area contributed by atoms with Crippen LogP contribution < -0.4 is 10.0 Å². The van der Waals surface area contributed by atoms with Gasteiger partial charge in [-0.05, 0) is 38.1 Å². The molecule has 7 heteroatoms. The van der Waals surface area contributed by atoms with Gasteiger partial charge in [-0.3, -0.25) is 4.72 Å². The minimum atomic E-state index is -3.72. The number of halogens is 2. The molecule has 0 atom stereocenters. The molecule has 108 valence electrons. The fourth-order valence-corrected chi connectivity index (χ4v) is 2.71. The number of para-hydroxylation sites is 1. The summed E-state index contributed by atoms with van der Waals surface area (Å²) in [6.45, 7) is 3.50. The van der Waals surface area contributed by atoms with Gasteiger partial charge in [0.25, 0.3) is 0 Å². The van der Waals surface area contributed by atoms with Crippen LogP contribution in [0, 0.1) is 11.6 Å². The Morgan fingerprint density at radius 3 is 2.37 bits per heavy atom. The van der Waals surface area contributed by atoms with Gasteiger partial charge in [0, 0.05) is 0 Å². The first-order valence-electron chi connectivity index (χ1n) is 6.11. The first-order chi connectivity index (χ1) is 8.96. The van der Waals surface area contributed by atoms with Gasteiger partial charge in [0.1, 0.15) is 17.3 Å². The van der Waals surface area contributed by atoms with Crippen LogP contribution in [0.2, 0.25) is 0 Å². The molecule has 0 aliphatic heterocycles. The van der Waals surface area contributed by atoms with Crippen LogP contribution in [0.15, 0.2) is 18.2 Å². The Kier molecular flexibility index (Phi) is 6.17. The van der Waals surface area contributed by atoms with Gasteiger partial charge in [-0.15, -0.1) is 0 Å². The van der Waals surface area contributed by atoms with Gasteiger partial charge in [-0.25, -0.2) is 17.2 Å². The molecular formula is C12H18F2N2O2S. The number of sulfonamides is 1. The standard InChI is InChI=1S/C12H18F2N2O2S/c1-2-15-8-3-4-9-19(17,18)16-12-10(13)6-5-7-11(12)14/h5-7,15-16H,2-4,8-9H2,1H3. The number of benzene rings is 1. The molecule has 0 bridgehead atoms. The van der Waals surface area contributed by atoms with Crippen molar-refractivity contribution in [2.75, 3.05) is 23.6 Å². The second-order valence-electron chi connectivity index (χ2n) is 4.08. The first kappa shape index (κ1) is 15.8. The SMILES string of the molecule is CCNCCCCS(=O)(=O)Nc1c(F)cccc1F. The predicted octanol–water partition coefficient (Wildman–Crippen LogP) is 2.10. The van der Waals surface area contributed by atoms with E-state index in [2.05, 4.69) is 5.32 Å². The van der Waals surface area contributed by atoms with E-state index in [1.54, 1.807) is 0 Å². The van der Waals surface area contributed by atoms with Crippen molar-refractivity contribution in [2.45, 2.75) is 19.8 Å². The van der Waals surface area contributed by atoms with E-state index in [4.69, 9.17) is 0 Å². The first-order valence-corrected chi connectivity index (χ1v) is 7.76. The molecule has 4 nitrogen and oxygen atoms in total. The molecule has 2 N–H and O–H groups in total. The normalized spacial score (nSPS) is 11.5. The van der Waals surface area contributed by atoms with Gasteiger partial charge in [0.2, 0.25) is 10.0 Å². The Bertz CT molecular complexity index is 486. The summed E-state index contributed by atoms with van der Waals surface area (Å²) in [4.78, 5) is 0. The maximum atomic E-state index is 13.3. The Balaban J connectivity index is 2.55.